The lowest BCUT2D eigenvalue weighted by atomic mass is 9.84. The zero-order valence-electron chi connectivity index (χ0n) is 11.7. The van der Waals surface area contributed by atoms with Crippen molar-refractivity contribution in [2.24, 2.45) is 0 Å². The Labute approximate surface area is 123 Å². The van der Waals surface area contributed by atoms with Gasteiger partial charge in [0.2, 0.25) is 11.3 Å². The molecular weight excluding hydrogens is 271 g/mol. The normalized spacial score (nSPS) is 37.6. The molecule has 3 atom stereocenters. The summed E-state index contributed by atoms with van der Waals surface area (Å²) in [4.78, 5) is 15.4. The Morgan fingerprint density at radius 2 is 1.72 bits per heavy atom. The maximum Gasteiger partial charge on any atom is 0.204 e. The first-order valence-electron chi connectivity index (χ1n) is 6.75. The molecule has 2 heterocycles. The molecule has 0 aromatic heterocycles. The lowest BCUT2D eigenvalue weighted by molar-refractivity contribution is -0.997. The summed E-state index contributed by atoms with van der Waals surface area (Å²) < 4.78 is 0. The van der Waals surface area contributed by atoms with Crippen molar-refractivity contribution in [3.8, 4) is 0 Å². The number of hydrogen-bond acceptors (Lipinski definition) is 1. The summed E-state index contributed by atoms with van der Waals surface area (Å²) in [5.41, 5.74) is -0.100. The van der Waals surface area contributed by atoms with E-state index in [1.54, 1.807) is 4.90 Å². The van der Waals surface area contributed by atoms with E-state index < -0.39 is 0 Å². The molecule has 0 radical (unpaired) electrons. The van der Waals surface area contributed by atoms with E-state index >= 15 is 0 Å². The van der Waals surface area contributed by atoms with Crippen molar-refractivity contribution < 1.29 is 39.4 Å². The van der Waals surface area contributed by atoms with Gasteiger partial charge in [0.05, 0.1) is 32.6 Å². The second-order valence-corrected chi connectivity index (χ2v) is 6.05. The van der Waals surface area contributed by atoms with E-state index in [1.165, 1.54) is 37.3 Å². The van der Waals surface area contributed by atoms with Gasteiger partial charge in [-0.1, -0.05) is 0 Å². The van der Waals surface area contributed by atoms with Gasteiger partial charge in [0.25, 0.3) is 0 Å². The molecule has 0 bridgehead atoms. The fourth-order valence-corrected chi connectivity index (χ4v) is 3.36. The number of hydrogen-bond donors (Lipinski definition) is 2. The monoisotopic (exact) mass is 296 g/mol. The lowest BCUT2D eigenvalue weighted by Crippen LogP contribution is -3.29. The average Bonchev–Trinajstić information content (AvgIpc) is 2.28. The molecule has 108 valence electrons. The predicted octanol–water partition coefficient (Wildman–Crippen LogP) is -7.30. The van der Waals surface area contributed by atoms with Gasteiger partial charge in [-0.15, -0.1) is 0 Å². The first kappa shape index (κ1) is 18.2. The zero-order valence-corrected chi connectivity index (χ0v) is 13.2. The summed E-state index contributed by atoms with van der Waals surface area (Å²) in [6.07, 6.45) is 4.72. The van der Waals surface area contributed by atoms with Crippen LogP contribution in [0.25, 0.3) is 0 Å². The number of nitrogens with one attached hydrogen (secondary N) is 2. The van der Waals surface area contributed by atoms with Gasteiger partial charge in [-0.3, -0.25) is 4.79 Å². The summed E-state index contributed by atoms with van der Waals surface area (Å²) in [7, 11) is 2.23. The van der Waals surface area contributed by atoms with Gasteiger partial charge in [-0.05, 0) is 26.2 Å². The fourth-order valence-electron chi connectivity index (χ4n) is 3.36. The van der Waals surface area contributed by atoms with Crippen molar-refractivity contribution in [2.75, 3.05) is 26.7 Å². The molecule has 0 aliphatic carbocycles. The van der Waals surface area contributed by atoms with Crippen molar-refractivity contribution in [3.05, 3.63) is 0 Å². The average molecular weight is 297 g/mol. The molecule has 2 N–H and O–H groups in total. The fraction of sp³-hybridized carbons (Fsp3) is 0.923. The standard InChI is InChI=1S/C13H24N2O.2ClH/c1-11-9-12(16)13(2,10-14(11)3)15-7-5-4-6-8-15;;/h11H,4-10H2,1-3H3;2*1H. The molecule has 0 aromatic carbocycles. The number of carbonyl (C=O) groups excluding carboxylic acids is 1. The highest BCUT2D eigenvalue weighted by molar-refractivity contribution is 5.87. The summed E-state index contributed by atoms with van der Waals surface area (Å²) >= 11 is 0. The summed E-state index contributed by atoms with van der Waals surface area (Å²) in [6.45, 7) is 7.81. The highest BCUT2D eigenvalue weighted by Gasteiger charge is 2.50. The Hall–Kier alpha value is 0.170. The van der Waals surface area contributed by atoms with E-state index in [0.29, 0.717) is 11.8 Å². The van der Waals surface area contributed by atoms with Gasteiger partial charge in [-0.25, -0.2) is 0 Å². The largest absolute Gasteiger partial charge is 1.00 e. The minimum atomic E-state index is -0.100. The number of likely N-dealkylation sites (tertiary alicyclic amines) is 2. The molecule has 0 spiro atoms. The smallest absolute Gasteiger partial charge is 0.204 e. The molecule has 0 aromatic rings. The Balaban J connectivity index is 0.00000144. The van der Waals surface area contributed by atoms with Gasteiger partial charge >= 0.3 is 0 Å². The minimum Gasteiger partial charge on any atom is -1.00 e. The molecule has 3 nitrogen and oxygen atoms in total. The number of rotatable bonds is 1. The molecule has 0 amide bonds. The van der Waals surface area contributed by atoms with Crippen LogP contribution in [0.4, 0.5) is 0 Å². The number of Topliss-reactive ketones (excluding diaryl/α,β-unsaturated/α-hetero) is 1. The summed E-state index contributed by atoms with van der Waals surface area (Å²) in [5, 5.41) is 0. The Bertz CT molecular complexity index is 282. The number of quaternary nitrogens is 2. The third-order valence-corrected chi connectivity index (χ3v) is 4.82. The van der Waals surface area contributed by atoms with E-state index in [9.17, 15) is 4.79 Å². The number of likely N-dealkylation sites (N-methyl/N-ethyl adjacent to an activating group) is 1. The maximum atomic E-state index is 12.3. The van der Waals surface area contributed by atoms with Crippen molar-refractivity contribution >= 4 is 5.78 Å². The van der Waals surface area contributed by atoms with Gasteiger partial charge < -0.3 is 34.6 Å². The van der Waals surface area contributed by atoms with E-state index in [4.69, 9.17) is 0 Å². The molecule has 18 heavy (non-hydrogen) atoms. The quantitative estimate of drug-likeness (QED) is 0.494. The maximum absolute atomic E-state index is 12.3. The van der Waals surface area contributed by atoms with Crippen LogP contribution in [0.5, 0.6) is 0 Å². The predicted molar refractivity (Wildman–Crippen MR) is 63.8 cm³/mol. The van der Waals surface area contributed by atoms with Gasteiger partial charge in [0.1, 0.15) is 6.54 Å². The van der Waals surface area contributed by atoms with Crippen LogP contribution in [0.3, 0.4) is 0 Å². The van der Waals surface area contributed by atoms with Crippen LogP contribution in [0, 0.1) is 0 Å². The summed E-state index contributed by atoms with van der Waals surface area (Å²) in [5.74, 6) is 0.502. The third kappa shape index (κ3) is 3.38. The second kappa shape index (κ2) is 7.09. The topological polar surface area (TPSA) is 26.0 Å². The number of piperidine rings is 2. The summed E-state index contributed by atoms with van der Waals surface area (Å²) in [6, 6.07) is 0.504. The molecule has 2 rings (SSSR count). The van der Waals surface area contributed by atoms with Crippen molar-refractivity contribution in [1.29, 1.82) is 0 Å². The first-order chi connectivity index (χ1) is 7.54. The molecule has 2 aliphatic rings. The molecule has 2 fully saturated rings. The van der Waals surface area contributed by atoms with Crippen LogP contribution in [0.2, 0.25) is 0 Å². The van der Waals surface area contributed by atoms with Crippen LogP contribution in [0.1, 0.15) is 39.5 Å². The Kier molecular flexibility index (Phi) is 7.15. The van der Waals surface area contributed by atoms with Crippen LogP contribution in [-0.4, -0.2) is 44.0 Å². The number of ketones is 1. The number of halogens is 2. The highest BCUT2D eigenvalue weighted by Crippen LogP contribution is 2.10. The van der Waals surface area contributed by atoms with Crippen molar-refractivity contribution in [1.82, 2.24) is 0 Å². The lowest BCUT2D eigenvalue weighted by Gasteiger charge is -2.43. The van der Waals surface area contributed by atoms with E-state index in [0.717, 1.165) is 13.0 Å². The molecule has 2 saturated heterocycles. The van der Waals surface area contributed by atoms with E-state index in [1.807, 2.05) is 0 Å². The van der Waals surface area contributed by atoms with Crippen LogP contribution in [-0.2, 0) is 4.79 Å². The van der Waals surface area contributed by atoms with Gasteiger partial charge in [0.15, 0.2) is 0 Å². The van der Waals surface area contributed by atoms with Crippen LogP contribution >= 0.6 is 0 Å². The molecule has 3 unspecified atom stereocenters. The molecule has 2 aliphatic heterocycles. The second-order valence-electron chi connectivity index (χ2n) is 6.05. The van der Waals surface area contributed by atoms with Gasteiger partial charge in [-0.2, -0.15) is 0 Å². The Morgan fingerprint density at radius 1 is 1.17 bits per heavy atom. The number of carbonyl (C=O) groups is 1. The van der Waals surface area contributed by atoms with Crippen molar-refractivity contribution in [3.63, 3.8) is 0 Å². The highest BCUT2D eigenvalue weighted by atomic mass is 35.5. The van der Waals surface area contributed by atoms with Gasteiger partial charge in [0, 0.05) is 6.92 Å². The Morgan fingerprint density at radius 3 is 2.28 bits per heavy atom. The third-order valence-electron chi connectivity index (χ3n) is 4.82. The SMILES string of the molecule is CC1CC(=O)C(C)([NH+]2CCCCC2)C[NH+]1C.[Cl-].[Cl-]. The van der Waals surface area contributed by atoms with E-state index in [2.05, 4.69) is 20.9 Å². The first-order valence-corrected chi connectivity index (χ1v) is 6.75. The van der Waals surface area contributed by atoms with Crippen LogP contribution < -0.4 is 34.6 Å². The van der Waals surface area contributed by atoms with Crippen molar-refractivity contribution in [2.45, 2.75) is 51.1 Å². The minimum absolute atomic E-state index is 0. The van der Waals surface area contributed by atoms with Crippen LogP contribution in [0.15, 0.2) is 0 Å². The zero-order chi connectivity index (χ0) is 11.8. The molecule has 5 heteroatoms. The van der Waals surface area contributed by atoms with E-state index in [-0.39, 0.29) is 30.4 Å². The molecule has 0 saturated carbocycles. The molecular formula is C13H26Cl2N2O.